The average molecular weight is 128 g/mol. The van der Waals surface area contributed by atoms with Crippen LogP contribution in [0.2, 0.25) is 0 Å². The van der Waals surface area contributed by atoms with Crippen molar-refractivity contribution in [3.05, 3.63) is 0 Å². The normalized spacial score (nSPS) is 36.7. The summed E-state index contributed by atoms with van der Waals surface area (Å²) in [7, 11) is 2.02. The summed E-state index contributed by atoms with van der Waals surface area (Å²) in [5, 5.41) is 3.25. The zero-order valence-corrected chi connectivity index (χ0v) is 6.06. The van der Waals surface area contributed by atoms with Gasteiger partial charge in [-0.2, -0.15) is 0 Å². The van der Waals surface area contributed by atoms with Gasteiger partial charge >= 0.3 is 0 Å². The lowest BCUT2D eigenvalue weighted by atomic mass is 9.92. The number of nitrogens with one attached hydrogen (secondary N) is 1. The van der Waals surface area contributed by atoms with Gasteiger partial charge in [-0.05, 0) is 26.3 Å². The lowest BCUT2D eigenvalue weighted by Gasteiger charge is -2.25. The molecule has 0 heterocycles. The van der Waals surface area contributed by atoms with Gasteiger partial charge < -0.3 is 11.1 Å². The van der Waals surface area contributed by atoms with E-state index in [-0.39, 0.29) is 0 Å². The molecule has 0 radical (unpaired) electrons. The molecule has 1 aliphatic rings. The Kier molecular flexibility index (Phi) is 2.49. The molecule has 0 aromatic rings. The highest BCUT2D eigenvalue weighted by atomic mass is 14.9. The quantitative estimate of drug-likeness (QED) is 0.539. The second-order valence-electron chi connectivity index (χ2n) is 2.91. The monoisotopic (exact) mass is 128 g/mol. The van der Waals surface area contributed by atoms with Crippen molar-refractivity contribution in [1.29, 1.82) is 0 Å². The van der Waals surface area contributed by atoms with E-state index < -0.39 is 0 Å². The average Bonchev–Trinajstić information content (AvgIpc) is 1.88. The SMILES string of the molecule is CN[C@@H]1CCC[C@@H](N)C1. The third-order valence-corrected chi connectivity index (χ3v) is 2.12. The predicted molar refractivity (Wildman–Crippen MR) is 39.3 cm³/mol. The molecule has 0 spiro atoms. The molecule has 1 rings (SSSR count). The number of rotatable bonds is 1. The van der Waals surface area contributed by atoms with Crippen LogP contribution in [0.4, 0.5) is 0 Å². The van der Waals surface area contributed by atoms with Gasteiger partial charge in [0.2, 0.25) is 0 Å². The Hall–Kier alpha value is -0.0800. The van der Waals surface area contributed by atoms with Crippen molar-refractivity contribution in [3.8, 4) is 0 Å². The summed E-state index contributed by atoms with van der Waals surface area (Å²) in [6.07, 6.45) is 4.99. The molecule has 1 saturated carbocycles. The van der Waals surface area contributed by atoms with Gasteiger partial charge in [0.15, 0.2) is 0 Å². The molecule has 2 atom stereocenters. The van der Waals surface area contributed by atoms with Crippen LogP contribution in [-0.2, 0) is 0 Å². The topological polar surface area (TPSA) is 38.0 Å². The van der Waals surface area contributed by atoms with Gasteiger partial charge in [-0.25, -0.2) is 0 Å². The third-order valence-electron chi connectivity index (χ3n) is 2.12. The fourth-order valence-electron chi connectivity index (χ4n) is 1.49. The smallest absolute Gasteiger partial charge is 0.00788 e. The molecule has 0 aliphatic heterocycles. The molecule has 0 aromatic heterocycles. The van der Waals surface area contributed by atoms with E-state index in [1.54, 1.807) is 0 Å². The van der Waals surface area contributed by atoms with Crippen LogP contribution in [0.5, 0.6) is 0 Å². The highest BCUT2D eigenvalue weighted by Crippen LogP contribution is 2.15. The molecule has 9 heavy (non-hydrogen) atoms. The predicted octanol–water partition coefficient (Wildman–Crippen LogP) is 0.476. The van der Waals surface area contributed by atoms with Gasteiger partial charge in [0.1, 0.15) is 0 Å². The molecular formula is C7H16N2. The number of hydrogen-bond donors (Lipinski definition) is 2. The highest BCUT2D eigenvalue weighted by Gasteiger charge is 2.16. The maximum absolute atomic E-state index is 5.76. The Balaban J connectivity index is 2.23. The second kappa shape index (κ2) is 3.18. The first-order valence-electron chi connectivity index (χ1n) is 3.76. The molecule has 1 aliphatic carbocycles. The van der Waals surface area contributed by atoms with E-state index in [1.165, 1.54) is 19.3 Å². The first kappa shape index (κ1) is 7.03. The summed E-state index contributed by atoms with van der Waals surface area (Å²) in [6, 6.07) is 1.14. The molecule has 1 fully saturated rings. The standard InChI is InChI=1S/C7H16N2/c1-9-7-4-2-3-6(8)5-7/h6-7,9H,2-5,8H2,1H3/t6-,7-/m1/s1. The van der Waals surface area contributed by atoms with Crippen molar-refractivity contribution >= 4 is 0 Å². The Morgan fingerprint density at radius 3 is 2.67 bits per heavy atom. The summed E-state index contributed by atoms with van der Waals surface area (Å²) in [5.74, 6) is 0. The van der Waals surface area contributed by atoms with Gasteiger partial charge in [0.05, 0.1) is 0 Å². The largest absolute Gasteiger partial charge is 0.328 e. The van der Waals surface area contributed by atoms with Crippen molar-refractivity contribution in [3.63, 3.8) is 0 Å². The van der Waals surface area contributed by atoms with E-state index >= 15 is 0 Å². The van der Waals surface area contributed by atoms with E-state index in [4.69, 9.17) is 5.73 Å². The van der Waals surface area contributed by atoms with Crippen LogP contribution < -0.4 is 11.1 Å². The van der Waals surface area contributed by atoms with Gasteiger partial charge in [0.25, 0.3) is 0 Å². The minimum Gasteiger partial charge on any atom is -0.328 e. The molecular weight excluding hydrogens is 112 g/mol. The van der Waals surface area contributed by atoms with Gasteiger partial charge in [-0.1, -0.05) is 6.42 Å². The van der Waals surface area contributed by atoms with Gasteiger partial charge in [0, 0.05) is 12.1 Å². The molecule has 3 N–H and O–H groups in total. The van der Waals surface area contributed by atoms with Crippen molar-refractivity contribution in [2.24, 2.45) is 5.73 Å². The molecule has 2 nitrogen and oxygen atoms in total. The Morgan fingerprint density at radius 2 is 2.22 bits per heavy atom. The molecule has 0 amide bonds. The molecule has 0 aromatic carbocycles. The van der Waals surface area contributed by atoms with Crippen molar-refractivity contribution in [1.82, 2.24) is 5.32 Å². The van der Waals surface area contributed by atoms with Crippen LogP contribution >= 0.6 is 0 Å². The number of hydrogen-bond acceptors (Lipinski definition) is 2. The fraction of sp³-hybridized carbons (Fsp3) is 1.00. The molecule has 54 valence electrons. The fourth-order valence-corrected chi connectivity index (χ4v) is 1.49. The van der Waals surface area contributed by atoms with Crippen molar-refractivity contribution in [2.75, 3.05) is 7.05 Å². The van der Waals surface area contributed by atoms with Crippen LogP contribution in [0.25, 0.3) is 0 Å². The highest BCUT2D eigenvalue weighted by molar-refractivity contribution is 4.78. The van der Waals surface area contributed by atoms with E-state index in [1.807, 2.05) is 7.05 Å². The maximum Gasteiger partial charge on any atom is 0.00788 e. The maximum atomic E-state index is 5.76. The van der Waals surface area contributed by atoms with E-state index in [0.29, 0.717) is 12.1 Å². The molecule has 2 heteroatoms. The van der Waals surface area contributed by atoms with Gasteiger partial charge in [-0.15, -0.1) is 0 Å². The first-order valence-corrected chi connectivity index (χ1v) is 3.76. The van der Waals surface area contributed by atoms with Crippen molar-refractivity contribution < 1.29 is 0 Å². The van der Waals surface area contributed by atoms with Crippen molar-refractivity contribution in [2.45, 2.75) is 37.8 Å². The number of nitrogens with two attached hydrogens (primary N) is 1. The Morgan fingerprint density at radius 1 is 1.44 bits per heavy atom. The Bertz CT molecular complexity index is 83.0. The zero-order chi connectivity index (χ0) is 6.69. The van der Waals surface area contributed by atoms with Crippen LogP contribution in [0.3, 0.4) is 0 Å². The van der Waals surface area contributed by atoms with E-state index in [0.717, 1.165) is 6.42 Å². The zero-order valence-electron chi connectivity index (χ0n) is 6.06. The van der Waals surface area contributed by atoms with Crippen LogP contribution in [0.15, 0.2) is 0 Å². The summed E-state index contributed by atoms with van der Waals surface area (Å²) in [6.45, 7) is 0. The lowest BCUT2D eigenvalue weighted by molar-refractivity contribution is 0.355. The van der Waals surface area contributed by atoms with E-state index in [9.17, 15) is 0 Å². The third kappa shape index (κ3) is 1.95. The molecule has 0 unspecified atom stereocenters. The first-order chi connectivity index (χ1) is 4.33. The lowest BCUT2D eigenvalue weighted by Crippen LogP contribution is -2.37. The van der Waals surface area contributed by atoms with Gasteiger partial charge in [-0.3, -0.25) is 0 Å². The summed E-state index contributed by atoms with van der Waals surface area (Å²) in [4.78, 5) is 0. The van der Waals surface area contributed by atoms with Crippen LogP contribution in [0, 0.1) is 0 Å². The molecule has 0 bridgehead atoms. The van der Waals surface area contributed by atoms with Crippen LogP contribution in [0.1, 0.15) is 25.7 Å². The van der Waals surface area contributed by atoms with Crippen LogP contribution in [-0.4, -0.2) is 19.1 Å². The van der Waals surface area contributed by atoms with E-state index in [2.05, 4.69) is 5.32 Å². The summed E-state index contributed by atoms with van der Waals surface area (Å²) in [5.41, 5.74) is 5.76. The Labute approximate surface area is 56.8 Å². The second-order valence-corrected chi connectivity index (χ2v) is 2.91. The summed E-state index contributed by atoms with van der Waals surface area (Å²) >= 11 is 0. The molecule has 0 saturated heterocycles. The minimum absolute atomic E-state index is 0.455. The minimum atomic E-state index is 0.455. The summed E-state index contributed by atoms with van der Waals surface area (Å²) < 4.78 is 0.